The number of nitrogens with zero attached hydrogens (tertiary/aromatic N) is 4. The van der Waals surface area contributed by atoms with Crippen LogP contribution in [0.2, 0.25) is 0 Å². The molecule has 152 valence electrons. The molecule has 0 aromatic heterocycles. The first-order valence-corrected chi connectivity index (χ1v) is 10.3. The molecular weight excluding hydrogens is 473 g/mol. The molecule has 0 radical (unpaired) electrons. The van der Waals surface area contributed by atoms with E-state index < -0.39 is 0 Å². The van der Waals surface area contributed by atoms with Crippen molar-refractivity contribution in [1.29, 1.82) is 0 Å². The first-order valence-electron chi connectivity index (χ1n) is 9.06. The van der Waals surface area contributed by atoms with Crippen molar-refractivity contribution in [1.82, 2.24) is 20.0 Å². The summed E-state index contributed by atoms with van der Waals surface area (Å²) in [5.41, 5.74) is 1.27. The lowest BCUT2D eigenvalue weighted by Gasteiger charge is -2.34. The van der Waals surface area contributed by atoms with E-state index in [9.17, 15) is 4.79 Å². The smallest absolute Gasteiger partial charge is 0.219 e. The van der Waals surface area contributed by atoms with Gasteiger partial charge in [0.2, 0.25) is 5.91 Å². The van der Waals surface area contributed by atoms with Gasteiger partial charge in [0.1, 0.15) is 0 Å². The molecule has 0 bridgehead atoms. The minimum absolute atomic E-state index is 0. The maximum atomic E-state index is 11.4. The number of halogens is 1. The molecular formula is C19H32IN5OS. The lowest BCUT2D eigenvalue weighted by atomic mass is 10.2. The first kappa shape index (κ1) is 24.0. The van der Waals surface area contributed by atoms with E-state index in [0.29, 0.717) is 0 Å². The fourth-order valence-corrected chi connectivity index (χ4v) is 3.48. The predicted molar refractivity (Wildman–Crippen MR) is 125 cm³/mol. The average Bonchev–Trinajstić information content (AvgIpc) is 2.66. The molecule has 1 aromatic rings. The largest absolute Gasteiger partial charge is 0.355 e. The minimum atomic E-state index is 0. The molecule has 0 unspecified atom stereocenters. The van der Waals surface area contributed by atoms with E-state index in [0.717, 1.165) is 51.8 Å². The quantitative estimate of drug-likeness (QED) is 0.278. The van der Waals surface area contributed by atoms with Crippen molar-refractivity contribution < 1.29 is 4.79 Å². The molecule has 1 amide bonds. The molecule has 1 aliphatic heterocycles. The molecule has 1 N–H and O–H groups in total. The number of amides is 1. The topological polar surface area (TPSA) is 51.2 Å². The Morgan fingerprint density at radius 3 is 2.37 bits per heavy atom. The van der Waals surface area contributed by atoms with Crippen molar-refractivity contribution in [2.45, 2.75) is 18.4 Å². The van der Waals surface area contributed by atoms with Gasteiger partial charge in [-0.2, -0.15) is 0 Å². The van der Waals surface area contributed by atoms with Gasteiger partial charge in [-0.25, -0.2) is 0 Å². The molecule has 1 aromatic carbocycles. The SMILES string of the molecule is CN=C(NCCN1CCN(C(C)=O)CC1)N(C)Cc1ccc(SC)cc1.I. The summed E-state index contributed by atoms with van der Waals surface area (Å²) in [6, 6.07) is 8.66. The van der Waals surface area contributed by atoms with Crippen LogP contribution in [-0.2, 0) is 11.3 Å². The summed E-state index contributed by atoms with van der Waals surface area (Å²) in [4.78, 5) is 23.5. The molecule has 0 aliphatic carbocycles. The van der Waals surface area contributed by atoms with E-state index in [1.165, 1.54) is 10.5 Å². The number of hydrogen-bond acceptors (Lipinski definition) is 4. The summed E-state index contributed by atoms with van der Waals surface area (Å²) in [6.45, 7) is 7.82. The molecule has 2 rings (SSSR count). The zero-order valence-electron chi connectivity index (χ0n) is 16.8. The maximum Gasteiger partial charge on any atom is 0.219 e. The summed E-state index contributed by atoms with van der Waals surface area (Å²) in [6.07, 6.45) is 2.09. The molecule has 0 atom stereocenters. The van der Waals surface area contributed by atoms with Gasteiger partial charge in [-0.1, -0.05) is 12.1 Å². The molecule has 8 heteroatoms. The van der Waals surface area contributed by atoms with Crippen molar-refractivity contribution in [2.24, 2.45) is 4.99 Å². The van der Waals surface area contributed by atoms with E-state index in [2.05, 4.69) is 57.7 Å². The number of aliphatic imine (C=N–C) groups is 1. The highest BCUT2D eigenvalue weighted by atomic mass is 127. The predicted octanol–water partition coefficient (Wildman–Crippen LogP) is 2.20. The standard InChI is InChI=1S/C19H31N5OS.HI/c1-16(25)24-13-11-23(12-14-24)10-9-21-19(20-2)22(3)15-17-5-7-18(26-4)8-6-17;/h5-8H,9-15H2,1-4H3,(H,20,21);1H. The zero-order valence-corrected chi connectivity index (χ0v) is 19.9. The normalized spacial score (nSPS) is 15.3. The maximum absolute atomic E-state index is 11.4. The number of benzene rings is 1. The molecule has 1 heterocycles. The van der Waals surface area contributed by atoms with Gasteiger partial charge in [0.25, 0.3) is 0 Å². The zero-order chi connectivity index (χ0) is 18.9. The molecule has 6 nitrogen and oxygen atoms in total. The van der Waals surface area contributed by atoms with E-state index in [1.807, 2.05) is 11.9 Å². The second-order valence-electron chi connectivity index (χ2n) is 6.53. The summed E-state index contributed by atoms with van der Waals surface area (Å²) >= 11 is 1.76. The van der Waals surface area contributed by atoms with Crippen molar-refractivity contribution in [3.05, 3.63) is 29.8 Å². The highest BCUT2D eigenvalue weighted by Gasteiger charge is 2.18. The van der Waals surface area contributed by atoms with Gasteiger partial charge < -0.3 is 15.1 Å². The highest BCUT2D eigenvalue weighted by Crippen LogP contribution is 2.15. The van der Waals surface area contributed by atoms with Gasteiger partial charge in [0, 0.05) is 71.7 Å². The lowest BCUT2D eigenvalue weighted by Crippen LogP contribution is -2.50. The number of rotatable bonds is 6. The number of thioether (sulfide) groups is 1. The van der Waals surface area contributed by atoms with Gasteiger partial charge in [-0.3, -0.25) is 14.7 Å². The van der Waals surface area contributed by atoms with Crippen LogP contribution >= 0.6 is 35.7 Å². The Labute approximate surface area is 184 Å². The van der Waals surface area contributed by atoms with Crippen LogP contribution in [0, 0.1) is 0 Å². The Kier molecular flexibility index (Phi) is 11.1. The molecule has 1 aliphatic rings. The molecule has 1 saturated heterocycles. The summed E-state index contributed by atoms with van der Waals surface area (Å²) in [5.74, 6) is 1.08. The number of hydrogen-bond donors (Lipinski definition) is 1. The van der Waals surface area contributed by atoms with Crippen LogP contribution in [0.15, 0.2) is 34.2 Å². The summed E-state index contributed by atoms with van der Waals surface area (Å²) in [7, 11) is 3.88. The minimum Gasteiger partial charge on any atom is -0.355 e. The van der Waals surface area contributed by atoms with E-state index >= 15 is 0 Å². The van der Waals surface area contributed by atoms with Crippen molar-refractivity contribution in [2.75, 3.05) is 59.6 Å². The van der Waals surface area contributed by atoms with Gasteiger partial charge in [0.15, 0.2) is 5.96 Å². The van der Waals surface area contributed by atoms with Crippen LogP contribution < -0.4 is 5.32 Å². The van der Waals surface area contributed by atoms with Crippen LogP contribution in [-0.4, -0.2) is 86.2 Å². The summed E-state index contributed by atoms with van der Waals surface area (Å²) in [5, 5.41) is 3.44. The second-order valence-corrected chi connectivity index (χ2v) is 7.41. The fourth-order valence-electron chi connectivity index (χ4n) is 3.08. The van der Waals surface area contributed by atoms with E-state index in [4.69, 9.17) is 0 Å². The summed E-state index contributed by atoms with van der Waals surface area (Å²) < 4.78 is 0. The molecule has 1 fully saturated rings. The van der Waals surface area contributed by atoms with E-state index in [-0.39, 0.29) is 29.9 Å². The Bertz CT molecular complexity index is 603. The van der Waals surface area contributed by atoms with Crippen molar-refractivity contribution in [3.8, 4) is 0 Å². The first-order chi connectivity index (χ1) is 12.5. The molecule has 0 saturated carbocycles. The second kappa shape index (κ2) is 12.5. The Balaban J connectivity index is 0.00000364. The number of carbonyl (C=O) groups is 1. The average molecular weight is 505 g/mol. The highest BCUT2D eigenvalue weighted by molar-refractivity contribution is 14.0. The van der Waals surface area contributed by atoms with Crippen molar-refractivity contribution >= 4 is 47.6 Å². The molecule has 27 heavy (non-hydrogen) atoms. The van der Waals surface area contributed by atoms with Crippen LogP contribution in [0.25, 0.3) is 0 Å². The Morgan fingerprint density at radius 2 is 1.85 bits per heavy atom. The van der Waals surface area contributed by atoms with Crippen LogP contribution in [0.5, 0.6) is 0 Å². The van der Waals surface area contributed by atoms with Gasteiger partial charge in [-0.05, 0) is 24.0 Å². The number of nitrogens with one attached hydrogen (secondary N) is 1. The fraction of sp³-hybridized carbons (Fsp3) is 0.579. The van der Waals surface area contributed by atoms with Gasteiger partial charge in [0.05, 0.1) is 0 Å². The Morgan fingerprint density at radius 1 is 1.22 bits per heavy atom. The van der Waals surface area contributed by atoms with Gasteiger partial charge in [-0.15, -0.1) is 35.7 Å². The third kappa shape index (κ3) is 7.87. The Hall–Kier alpha value is -1.000. The van der Waals surface area contributed by atoms with Crippen LogP contribution in [0.4, 0.5) is 0 Å². The van der Waals surface area contributed by atoms with Crippen molar-refractivity contribution in [3.63, 3.8) is 0 Å². The number of guanidine groups is 1. The number of piperazine rings is 1. The third-order valence-corrected chi connectivity index (χ3v) is 5.42. The van der Waals surface area contributed by atoms with Crippen LogP contribution in [0.3, 0.4) is 0 Å². The van der Waals surface area contributed by atoms with Gasteiger partial charge >= 0.3 is 0 Å². The number of carbonyl (C=O) groups excluding carboxylic acids is 1. The molecule has 0 spiro atoms. The monoisotopic (exact) mass is 505 g/mol. The lowest BCUT2D eigenvalue weighted by molar-refractivity contribution is -0.130. The van der Waals surface area contributed by atoms with E-state index in [1.54, 1.807) is 18.7 Å². The van der Waals surface area contributed by atoms with Crippen LogP contribution in [0.1, 0.15) is 12.5 Å². The third-order valence-electron chi connectivity index (χ3n) is 4.68.